The average Bonchev–Trinajstić information content (AvgIpc) is 2.72. The van der Waals surface area contributed by atoms with Crippen molar-refractivity contribution in [3.05, 3.63) is 47.7 Å². The summed E-state index contributed by atoms with van der Waals surface area (Å²) < 4.78 is 16.0. The minimum Gasteiger partial charge on any atom is -0.450 e. The molecule has 0 radical (unpaired) electrons. The van der Waals surface area contributed by atoms with Crippen molar-refractivity contribution in [2.75, 3.05) is 6.61 Å². The average molecular weight is 506 g/mol. The van der Waals surface area contributed by atoms with Gasteiger partial charge in [-0.05, 0) is 51.3 Å². The van der Waals surface area contributed by atoms with E-state index in [9.17, 15) is 14.4 Å². The molecule has 0 aromatic heterocycles. The molecule has 1 aliphatic carbocycles. The standard InChI is InChI=1S/C25H39N3O6Si/c1-25(2,3)34-24(31)27-20-13-12-19(26-22(29)33-17-18-10-8-7-9-11-18)16-21(20)28-23(30)32-14-15-35(4,5)6/h7-11,16,19-20H,12-15,17H2,1-6H3,(H,26,29)(H,27,31)(H,28,30)/t19-,20+/m1/s1. The summed E-state index contributed by atoms with van der Waals surface area (Å²) in [5.74, 6) is 0. The Morgan fingerprint density at radius 3 is 2.26 bits per heavy atom. The zero-order valence-corrected chi connectivity index (χ0v) is 22.6. The van der Waals surface area contributed by atoms with Crippen molar-refractivity contribution in [1.82, 2.24) is 16.0 Å². The molecule has 0 unspecified atom stereocenters. The molecule has 35 heavy (non-hydrogen) atoms. The molecule has 0 aliphatic heterocycles. The lowest BCUT2D eigenvalue weighted by Crippen LogP contribution is -2.48. The summed E-state index contributed by atoms with van der Waals surface area (Å²) >= 11 is 0. The Balaban J connectivity index is 2.01. The Labute approximate surface area is 209 Å². The van der Waals surface area contributed by atoms with Gasteiger partial charge in [-0.3, -0.25) is 5.32 Å². The number of rotatable bonds is 8. The highest BCUT2D eigenvalue weighted by molar-refractivity contribution is 6.76. The number of hydrogen-bond donors (Lipinski definition) is 3. The number of amides is 3. The van der Waals surface area contributed by atoms with E-state index in [2.05, 4.69) is 35.6 Å². The molecule has 194 valence electrons. The highest BCUT2D eigenvalue weighted by atomic mass is 28.3. The molecule has 2 atom stereocenters. The van der Waals surface area contributed by atoms with Gasteiger partial charge in [-0.1, -0.05) is 50.0 Å². The maximum atomic E-state index is 12.4. The molecule has 0 saturated carbocycles. The van der Waals surface area contributed by atoms with Crippen LogP contribution in [0.1, 0.15) is 39.2 Å². The highest BCUT2D eigenvalue weighted by Crippen LogP contribution is 2.19. The minimum absolute atomic E-state index is 0.153. The second-order valence-electron chi connectivity index (χ2n) is 10.8. The van der Waals surface area contributed by atoms with E-state index in [1.54, 1.807) is 26.8 Å². The Morgan fingerprint density at radius 2 is 1.63 bits per heavy atom. The summed E-state index contributed by atoms with van der Waals surface area (Å²) in [7, 11) is -1.35. The van der Waals surface area contributed by atoms with Gasteiger partial charge in [0.1, 0.15) is 12.2 Å². The summed E-state index contributed by atoms with van der Waals surface area (Å²) in [5, 5.41) is 8.33. The summed E-state index contributed by atoms with van der Waals surface area (Å²) in [6.07, 6.45) is 0.968. The van der Waals surface area contributed by atoms with Crippen molar-refractivity contribution < 1.29 is 28.6 Å². The van der Waals surface area contributed by atoms with E-state index >= 15 is 0 Å². The number of alkyl carbamates (subject to hydrolysis) is 3. The lowest BCUT2D eigenvalue weighted by molar-refractivity contribution is 0.0504. The highest BCUT2D eigenvalue weighted by Gasteiger charge is 2.29. The molecule has 0 heterocycles. The first-order chi connectivity index (χ1) is 16.3. The van der Waals surface area contributed by atoms with Crippen molar-refractivity contribution in [3.8, 4) is 0 Å². The predicted octanol–water partition coefficient (Wildman–Crippen LogP) is 4.92. The monoisotopic (exact) mass is 505 g/mol. The normalized spacial score (nSPS) is 18.1. The second kappa shape index (κ2) is 12.6. The van der Waals surface area contributed by atoms with Crippen LogP contribution in [0.2, 0.25) is 25.7 Å². The van der Waals surface area contributed by atoms with Crippen molar-refractivity contribution in [2.45, 2.75) is 83.6 Å². The lowest BCUT2D eigenvalue weighted by atomic mass is 9.95. The molecule has 9 nitrogen and oxygen atoms in total. The van der Waals surface area contributed by atoms with Crippen LogP contribution in [0, 0.1) is 0 Å². The zero-order valence-electron chi connectivity index (χ0n) is 21.6. The quantitative estimate of drug-likeness (QED) is 0.341. The van der Waals surface area contributed by atoms with Crippen LogP contribution < -0.4 is 16.0 Å². The second-order valence-corrected chi connectivity index (χ2v) is 16.4. The molecule has 1 aliphatic rings. The molecule has 0 bridgehead atoms. The lowest BCUT2D eigenvalue weighted by Gasteiger charge is -2.30. The third kappa shape index (κ3) is 11.8. The SMILES string of the molecule is CC(C)(C)OC(=O)N[C@H]1CC[C@@H](NC(=O)OCc2ccccc2)C=C1NC(=O)OCC[Si](C)(C)C. The number of carbonyl (C=O) groups is 3. The molecule has 2 rings (SSSR count). The van der Waals surface area contributed by atoms with E-state index in [-0.39, 0.29) is 12.6 Å². The first kappa shape index (κ1) is 28.2. The number of benzene rings is 1. The van der Waals surface area contributed by atoms with Crippen molar-refractivity contribution in [1.29, 1.82) is 0 Å². The van der Waals surface area contributed by atoms with Gasteiger partial charge in [-0.25, -0.2) is 14.4 Å². The molecule has 1 aromatic rings. The van der Waals surface area contributed by atoms with Gasteiger partial charge in [0.2, 0.25) is 0 Å². The van der Waals surface area contributed by atoms with Crippen LogP contribution in [-0.2, 0) is 20.8 Å². The predicted molar refractivity (Wildman–Crippen MR) is 137 cm³/mol. The number of ether oxygens (including phenoxy) is 3. The number of carbonyl (C=O) groups excluding carboxylic acids is 3. The molecule has 10 heteroatoms. The zero-order chi connectivity index (χ0) is 26.1. The van der Waals surface area contributed by atoms with E-state index in [0.717, 1.165) is 11.6 Å². The Kier molecular flexibility index (Phi) is 10.2. The van der Waals surface area contributed by atoms with Crippen molar-refractivity contribution in [3.63, 3.8) is 0 Å². The molecular formula is C25H39N3O6Si. The number of hydrogen-bond acceptors (Lipinski definition) is 6. The van der Waals surface area contributed by atoms with Crippen molar-refractivity contribution in [2.24, 2.45) is 0 Å². The maximum absolute atomic E-state index is 12.4. The van der Waals surface area contributed by atoms with Gasteiger partial charge in [-0.2, -0.15) is 0 Å². The Morgan fingerprint density at radius 1 is 0.943 bits per heavy atom. The van der Waals surface area contributed by atoms with E-state index in [0.29, 0.717) is 25.1 Å². The van der Waals surface area contributed by atoms with Gasteiger partial charge in [0.15, 0.2) is 0 Å². The summed E-state index contributed by atoms with van der Waals surface area (Å²) in [4.78, 5) is 37.1. The van der Waals surface area contributed by atoms with Crippen LogP contribution in [0.15, 0.2) is 42.1 Å². The van der Waals surface area contributed by atoms with Crippen LogP contribution in [0.25, 0.3) is 0 Å². The van der Waals surface area contributed by atoms with E-state index < -0.39 is 38.0 Å². The van der Waals surface area contributed by atoms with Crippen LogP contribution in [0.3, 0.4) is 0 Å². The molecule has 0 spiro atoms. The smallest absolute Gasteiger partial charge is 0.411 e. The van der Waals surface area contributed by atoms with Crippen LogP contribution in [0.5, 0.6) is 0 Å². The van der Waals surface area contributed by atoms with Gasteiger partial charge < -0.3 is 24.8 Å². The fourth-order valence-corrected chi connectivity index (χ4v) is 3.99. The molecule has 1 aromatic carbocycles. The van der Waals surface area contributed by atoms with Crippen molar-refractivity contribution >= 4 is 26.4 Å². The van der Waals surface area contributed by atoms with Crippen LogP contribution in [0.4, 0.5) is 14.4 Å². The van der Waals surface area contributed by atoms with E-state index in [1.807, 2.05) is 30.3 Å². The number of nitrogens with one attached hydrogen (secondary N) is 3. The van der Waals surface area contributed by atoms with E-state index in [4.69, 9.17) is 14.2 Å². The fourth-order valence-electron chi connectivity index (χ4n) is 3.28. The third-order valence-electron chi connectivity index (χ3n) is 5.06. The van der Waals surface area contributed by atoms with Gasteiger partial charge in [0, 0.05) is 13.8 Å². The van der Waals surface area contributed by atoms with Crippen LogP contribution >= 0.6 is 0 Å². The summed E-state index contributed by atoms with van der Waals surface area (Å²) in [5.41, 5.74) is 0.665. The van der Waals surface area contributed by atoms with Crippen LogP contribution in [-0.4, -0.2) is 50.6 Å². The maximum Gasteiger partial charge on any atom is 0.411 e. The minimum atomic E-state index is -1.35. The molecule has 3 amide bonds. The fraction of sp³-hybridized carbons (Fsp3) is 0.560. The first-order valence-corrected chi connectivity index (χ1v) is 15.6. The Bertz CT molecular complexity index is 893. The van der Waals surface area contributed by atoms with Gasteiger partial charge in [0.25, 0.3) is 0 Å². The largest absolute Gasteiger partial charge is 0.450 e. The van der Waals surface area contributed by atoms with Gasteiger partial charge in [-0.15, -0.1) is 0 Å². The molecular weight excluding hydrogens is 466 g/mol. The summed E-state index contributed by atoms with van der Waals surface area (Å²) in [6.45, 7) is 12.4. The third-order valence-corrected chi connectivity index (χ3v) is 6.77. The molecule has 0 saturated heterocycles. The van der Waals surface area contributed by atoms with E-state index in [1.165, 1.54) is 0 Å². The van der Waals surface area contributed by atoms with Gasteiger partial charge in [0.05, 0.1) is 18.7 Å². The molecule has 0 fully saturated rings. The van der Waals surface area contributed by atoms with Gasteiger partial charge >= 0.3 is 18.3 Å². The molecule has 3 N–H and O–H groups in total. The Hall–Kier alpha value is -3.01. The topological polar surface area (TPSA) is 115 Å². The first-order valence-electron chi connectivity index (χ1n) is 11.9. The summed E-state index contributed by atoms with van der Waals surface area (Å²) in [6, 6.07) is 9.35.